The SMILES string of the molecule is O=C(NC1CCCN(c2ncccn2)C1)C1CC(=O)N(Cc2cccc(C(F)(F)F)c2)C1. The fraction of sp³-hybridized carbons (Fsp3) is 0.455. The molecule has 0 radical (unpaired) electrons. The Morgan fingerprint density at radius 2 is 1.94 bits per heavy atom. The minimum Gasteiger partial charge on any atom is -0.351 e. The molecule has 4 rings (SSSR count). The van der Waals surface area contributed by atoms with Crippen molar-refractivity contribution in [1.29, 1.82) is 0 Å². The van der Waals surface area contributed by atoms with Gasteiger partial charge in [-0.05, 0) is 36.6 Å². The van der Waals surface area contributed by atoms with E-state index in [1.54, 1.807) is 24.5 Å². The minimum absolute atomic E-state index is 0.0507. The van der Waals surface area contributed by atoms with Gasteiger partial charge in [-0.25, -0.2) is 9.97 Å². The normalized spacial score (nSPS) is 21.7. The Morgan fingerprint density at radius 3 is 2.69 bits per heavy atom. The van der Waals surface area contributed by atoms with Crippen molar-refractivity contribution in [2.45, 2.75) is 38.0 Å². The molecule has 1 aromatic heterocycles. The molecule has 10 heteroatoms. The van der Waals surface area contributed by atoms with E-state index in [9.17, 15) is 22.8 Å². The maximum absolute atomic E-state index is 12.9. The Hall–Kier alpha value is -3.17. The van der Waals surface area contributed by atoms with Gasteiger partial charge < -0.3 is 15.1 Å². The summed E-state index contributed by atoms with van der Waals surface area (Å²) in [5, 5.41) is 3.03. The van der Waals surface area contributed by atoms with Gasteiger partial charge in [0.25, 0.3) is 0 Å². The van der Waals surface area contributed by atoms with Crippen LogP contribution in [0.25, 0.3) is 0 Å². The van der Waals surface area contributed by atoms with Gasteiger partial charge in [-0.2, -0.15) is 13.2 Å². The average Bonchev–Trinajstić information content (AvgIpc) is 3.14. The lowest BCUT2D eigenvalue weighted by Crippen LogP contribution is -2.50. The van der Waals surface area contributed by atoms with Gasteiger partial charge in [-0.15, -0.1) is 0 Å². The third kappa shape index (κ3) is 5.17. The van der Waals surface area contributed by atoms with Crippen molar-refractivity contribution in [3.63, 3.8) is 0 Å². The smallest absolute Gasteiger partial charge is 0.351 e. The van der Waals surface area contributed by atoms with Gasteiger partial charge in [0.15, 0.2) is 0 Å². The van der Waals surface area contributed by atoms with Crippen LogP contribution in [-0.2, 0) is 22.3 Å². The molecule has 2 aliphatic rings. The van der Waals surface area contributed by atoms with Crippen molar-refractivity contribution < 1.29 is 22.8 Å². The lowest BCUT2D eigenvalue weighted by Gasteiger charge is -2.33. The van der Waals surface area contributed by atoms with E-state index in [0.717, 1.165) is 31.5 Å². The molecule has 3 heterocycles. The first-order chi connectivity index (χ1) is 15.3. The second kappa shape index (κ2) is 9.13. The van der Waals surface area contributed by atoms with E-state index < -0.39 is 17.7 Å². The number of benzene rings is 1. The maximum Gasteiger partial charge on any atom is 0.416 e. The molecule has 170 valence electrons. The summed E-state index contributed by atoms with van der Waals surface area (Å²) in [5.74, 6) is -0.331. The van der Waals surface area contributed by atoms with Crippen molar-refractivity contribution >= 4 is 17.8 Å². The van der Waals surface area contributed by atoms with E-state index in [1.807, 2.05) is 4.90 Å². The highest BCUT2D eigenvalue weighted by Gasteiger charge is 2.36. The molecule has 0 aliphatic carbocycles. The molecule has 2 fully saturated rings. The second-order valence-electron chi connectivity index (χ2n) is 8.22. The molecular weight excluding hydrogens is 423 g/mol. The summed E-state index contributed by atoms with van der Waals surface area (Å²) in [6.45, 7) is 1.64. The first-order valence-corrected chi connectivity index (χ1v) is 10.6. The number of anilines is 1. The van der Waals surface area contributed by atoms with Crippen LogP contribution >= 0.6 is 0 Å². The van der Waals surface area contributed by atoms with Gasteiger partial charge in [0.05, 0.1) is 11.5 Å². The highest BCUT2D eigenvalue weighted by molar-refractivity contribution is 5.89. The minimum atomic E-state index is -4.44. The third-order valence-electron chi connectivity index (χ3n) is 5.82. The zero-order chi connectivity index (χ0) is 22.7. The molecule has 2 aromatic rings. The number of aromatic nitrogens is 2. The number of nitrogens with one attached hydrogen (secondary N) is 1. The molecule has 1 N–H and O–H groups in total. The number of likely N-dealkylation sites (tertiary alicyclic amines) is 1. The predicted molar refractivity (Wildman–Crippen MR) is 110 cm³/mol. The Bertz CT molecular complexity index is 970. The van der Waals surface area contributed by atoms with Gasteiger partial charge in [-0.1, -0.05) is 12.1 Å². The van der Waals surface area contributed by atoms with Crippen LogP contribution in [-0.4, -0.2) is 52.4 Å². The van der Waals surface area contributed by atoms with Crippen LogP contribution in [0.15, 0.2) is 42.7 Å². The molecule has 1 aromatic carbocycles. The number of carbonyl (C=O) groups excluding carboxylic acids is 2. The topological polar surface area (TPSA) is 78.4 Å². The third-order valence-corrected chi connectivity index (χ3v) is 5.82. The van der Waals surface area contributed by atoms with E-state index in [1.165, 1.54) is 11.0 Å². The summed E-state index contributed by atoms with van der Waals surface area (Å²) < 4.78 is 38.8. The molecule has 2 atom stereocenters. The summed E-state index contributed by atoms with van der Waals surface area (Å²) in [4.78, 5) is 37.2. The largest absolute Gasteiger partial charge is 0.416 e. The number of hydrogen-bond acceptors (Lipinski definition) is 5. The van der Waals surface area contributed by atoms with Crippen LogP contribution in [0, 0.1) is 5.92 Å². The van der Waals surface area contributed by atoms with Crippen LogP contribution in [0.5, 0.6) is 0 Å². The van der Waals surface area contributed by atoms with E-state index in [0.29, 0.717) is 18.1 Å². The van der Waals surface area contributed by atoms with E-state index in [2.05, 4.69) is 15.3 Å². The Labute approximate surface area is 183 Å². The molecule has 2 saturated heterocycles. The van der Waals surface area contributed by atoms with E-state index in [4.69, 9.17) is 0 Å². The zero-order valence-electron chi connectivity index (χ0n) is 17.4. The van der Waals surface area contributed by atoms with Gasteiger partial charge in [-0.3, -0.25) is 9.59 Å². The Morgan fingerprint density at radius 1 is 1.16 bits per heavy atom. The van der Waals surface area contributed by atoms with Gasteiger partial charge in [0.1, 0.15) is 0 Å². The second-order valence-corrected chi connectivity index (χ2v) is 8.22. The zero-order valence-corrected chi connectivity index (χ0v) is 17.4. The monoisotopic (exact) mass is 447 g/mol. The lowest BCUT2D eigenvalue weighted by molar-refractivity contribution is -0.137. The Balaban J connectivity index is 1.33. The number of halogens is 3. The van der Waals surface area contributed by atoms with Crippen LogP contribution in [0.2, 0.25) is 0 Å². The number of hydrogen-bond donors (Lipinski definition) is 1. The first kappa shape index (κ1) is 22.0. The van der Waals surface area contributed by atoms with E-state index in [-0.39, 0.29) is 37.4 Å². The molecule has 0 saturated carbocycles. The fourth-order valence-electron chi connectivity index (χ4n) is 4.22. The van der Waals surface area contributed by atoms with Crippen LogP contribution in [0.4, 0.5) is 19.1 Å². The molecule has 0 spiro atoms. The number of alkyl halides is 3. The van der Waals surface area contributed by atoms with Crippen LogP contribution in [0.1, 0.15) is 30.4 Å². The number of piperidine rings is 1. The van der Waals surface area contributed by atoms with Crippen LogP contribution in [0.3, 0.4) is 0 Å². The first-order valence-electron chi connectivity index (χ1n) is 10.6. The van der Waals surface area contributed by atoms with Gasteiger partial charge >= 0.3 is 6.18 Å². The molecule has 2 aliphatic heterocycles. The molecule has 2 unspecified atom stereocenters. The summed E-state index contributed by atoms with van der Waals surface area (Å²) >= 11 is 0. The summed E-state index contributed by atoms with van der Waals surface area (Å²) in [6, 6.07) is 6.59. The molecule has 32 heavy (non-hydrogen) atoms. The molecular formula is C22H24F3N5O2. The average molecular weight is 447 g/mol. The van der Waals surface area contributed by atoms with Crippen molar-refractivity contribution in [1.82, 2.24) is 20.2 Å². The summed E-state index contributed by atoms with van der Waals surface area (Å²) in [7, 11) is 0. The van der Waals surface area contributed by atoms with Gasteiger partial charge in [0, 0.05) is 51.0 Å². The van der Waals surface area contributed by atoms with Crippen LogP contribution < -0.4 is 10.2 Å². The predicted octanol–water partition coefficient (Wildman–Crippen LogP) is 2.63. The lowest BCUT2D eigenvalue weighted by atomic mass is 10.0. The maximum atomic E-state index is 12.9. The standard InChI is InChI=1S/C22H24F3N5O2/c23-22(24,25)17-5-1-4-15(10-17)12-30-13-16(11-19(30)31)20(32)28-18-6-2-9-29(14-18)21-26-7-3-8-27-21/h1,3-5,7-8,10,16,18H,2,6,9,11-14H2,(H,28,32). The van der Waals surface area contributed by atoms with Crippen molar-refractivity contribution in [3.05, 3.63) is 53.9 Å². The number of nitrogens with zero attached hydrogens (tertiary/aromatic N) is 4. The summed E-state index contributed by atoms with van der Waals surface area (Å²) in [5.41, 5.74) is -0.361. The molecule has 7 nitrogen and oxygen atoms in total. The van der Waals surface area contributed by atoms with Crippen molar-refractivity contribution in [2.75, 3.05) is 24.5 Å². The number of amides is 2. The fourth-order valence-corrected chi connectivity index (χ4v) is 4.22. The summed E-state index contributed by atoms with van der Waals surface area (Å²) in [6.07, 6.45) is 0.675. The van der Waals surface area contributed by atoms with Gasteiger partial charge in [0.2, 0.25) is 17.8 Å². The van der Waals surface area contributed by atoms with Crippen molar-refractivity contribution in [3.8, 4) is 0 Å². The molecule has 0 bridgehead atoms. The van der Waals surface area contributed by atoms with Crippen molar-refractivity contribution in [2.24, 2.45) is 5.92 Å². The van der Waals surface area contributed by atoms with E-state index >= 15 is 0 Å². The Kier molecular flexibility index (Phi) is 6.29. The molecule has 2 amide bonds. The number of rotatable bonds is 5. The highest BCUT2D eigenvalue weighted by Crippen LogP contribution is 2.30. The quantitative estimate of drug-likeness (QED) is 0.763. The highest BCUT2D eigenvalue weighted by atomic mass is 19.4. The number of carbonyl (C=O) groups is 2.